The quantitative estimate of drug-likeness (QED) is 0.670. The van der Waals surface area contributed by atoms with Crippen molar-refractivity contribution in [3.8, 4) is 5.75 Å². The summed E-state index contributed by atoms with van der Waals surface area (Å²) >= 11 is 0. The molecule has 0 saturated carbocycles. The van der Waals surface area contributed by atoms with Crippen LogP contribution in [0.3, 0.4) is 0 Å². The summed E-state index contributed by atoms with van der Waals surface area (Å²) in [6, 6.07) is 13.3. The lowest BCUT2D eigenvalue weighted by atomic mass is 10.1. The van der Waals surface area contributed by atoms with E-state index in [1.54, 1.807) is 4.90 Å². The van der Waals surface area contributed by atoms with Crippen LogP contribution in [-0.2, 0) is 16.1 Å². The molecule has 2 aromatic rings. The van der Waals surface area contributed by atoms with Crippen LogP contribution in [0.2, 0.25) is 0 Å². The Morgan fingerprint density at radius 1 is 1.03 bits per heavy atom. The minimum atomic E-state index is -0.553. The lowest BCUT2D eigenvalue weighted by Gasteiger charge is -2.31. The fourth-order valence-corrected chi connectivity index (χ4v) is 3.49. The molecule has 0 unspecified atom stereocenters. The molecule has 5 heteroatoms. The van der Waals surface area contributed by atoms with Gasteiger partial charge in [0.05, 0.1) is 0 Å². The van der Waals surface area contributed by atoms with E-state index in [1.165, 1.54) is 0 Å². The number of rotatable bonds is 9. The Hall–Kier alpha value is -2.82. The third-order valence-electron chi connectivity index (χ3n) is 4.93. The van der Waals surface area contributed by atoms with E-state index in [4.69, 9.17) is 4.74 Å². The van der Waals surface area contributed by atoms with E-state index in [9.17, 15) is 9.59 Å². The highest BCUT2D eigenvalue weighted by Crippen LogP contribution is 2.20. The van der Waals surface area contributed by atoms with Crippen molar-refractivity contribution < 1.29 is 14.3 Å². The lowest BCUT2D eigenvalue weighted by molar-refractivity contribution is -0.143. The molecule has 5 nitrogen and oxygen atoms in total. The molecule has 0 aliphatic rings. The Morgan fingerprint density at radius 2 is 1.73 bits per heavy atom. The van der Waals surface area contributed by atoms with Gasteiger partial charge in [-0.2, -0.15) is 0 Å². The van der Waals surface area contributed by atoms with Gasteiger partial charge in [-0.1, -0.05) is 54.4 Å². The molecule has 1 N–H and O–H groups in total. The summed E-state index contributed by atoms with van der Waals surface area (Å²) in [4.78, 5) is 27.6. The summed E-state index contributed by atoms with van der Waals surface area (Å²) in [6.45, 7) is 12.0. The maximum atomic E-state index is 13.2. The highest BCUT2D eigenvalue weighted by atomic mass is 16.5. The summed E-state index contributed by atoms with van der Waals surface area (Å²) in [5, 5.41) is 2.94. The van der Waals surface area contributed by atoms with Crippen LogP contribution in [0.1, 0.15) is 49.4 Å². The second-order valence-corrected chi connectivity index (χ2v) is 8.16. The summed E-state index contributed by atoms with van der Waals surface area (Å²) in [5.74, 6) is 0.339. The van der Waals surface area contributed by atoms with Crippen molar-refractivity contribution in [2.24, 2.45) is 0 Å². The molecule has 2 rings (SSSR count). The van der Waals surface area contributed by atoms with Crippen LogP contribution in [0.15, 0.2) is 42.5 Å². The number of benzene rings is 2. The largest absolute Gasteiger partial charge is 0.483 e. The average molecular weight is 411 g/mol. The Bertz CT molecular complexity index is 876. The molecule has 2 amide bonds. The number of carbonyl (C=O) groups excluding carboxylic acids is 2. The number of hydrogen-bond acceptors (Lipinski definition) is 3. The first-order valence-corrected chi connectivity index (χ1v) is 10.6. The fourth-order valence-electron chi connectivity index (χ4n) is 3.49. The fraction of sp³-hybridized carbons (Fsp3) is 0.440. The number of nitrogens with zero attached hydrogens (tertiary/aromatic N) is 1. The highest BCUT2D eigenvalue weighted by molar-refractivity contribution is 5.88. The molecule has 30 heavy (non-hydrogen) atoms. The molecule has 1 atom stereocenters. The van der Waals surface area contributed by atoms with E-state index >= 15 is 0 Å². The molecule has 0 saturated heterocycles. The third-order valence-corrected chi connectivity index (χ3v) is 4.93. The predicted octanol–water partition coefficient (Wildman–Crippen LogP) is 4.32. The Morgan fingerprint density at radius 3 is 2.33 bits per heavy atom. The summed E-state index contributed by atoms with van der Waals surface area (Å²) in [5.41, 5.74) is 4.23. The van der Waals surface area contributed by atoms with E-state index < -0.39 is 6.04 Å². The van der Waals surface area contributed by atoms with Gasteiger partial charge in [0.2, 0.25) is 5.91 Å². The lowest BCUT2D eigenvalue weighted by Crippen LogP contribution is -2.51. The maximum Gasteiger partial charge on any atom is 0.261 e. The van der Waals surface area contributed by atoms with Gasteiger partial charge >= 0.3 is 0 Å². The Balaban J connectivity index is 2.23. The van der Waals surface area contributed by atoms with Crippen LogP contribution in [-0.4, -0.2) is 35.4 Å². The SMILES string of the molecule is CC[C@H](C(=O)NC(C)C)N(Cc1cccc(C)c1)C(=O)COc1ccc(C)cc1C. The first kappa shape index (κ1) is 23.5. The van der Waals surface area contributed by atoms with Crippen LogP contribution in [0, 0.1) is 20.8 Å². The number of aryl methyl sites for hydroxylation is 3. The van der Waals surface area contributed by atoms with Crippen molar-refractivity contribution in [2.75, 3.05) is 6.61 Å². The van der Waals surface area contributed by atoms with E-state index in [2.05, 4.69) is 5.32 Å². The van der Waals surface area contributed by atoms with Gasteiger partial charge in [0.25, 0.3) is 5.91 Å². The van der Waals surface area contributed by atoms with Gasteiger partial charge in [0.1, 0.15) is 11.8 Å². The minimum absolute atomic E-state index is 0.00827. The van der Waals surface area contributed by atoms with E-state index in [-0.39, 0.29) is 24.5 Å². The van der Waals surface area contributed by atoms with Crippen molar-refractivity contribution in [3.63, 3.8) is 0 Å². The summed E-state index contributed by atoms with van der Waals surface area (Å²) < 4.78 is 5.83. The van der Waals surface area contributed by atoms with Gasteiger partial charge < -0.3 is 15.0 Å². The van der Waals surface area contributed by atoms with Crippen LogP contribution in [0.4, 0.5) is 0 Å². The smallest absolute Gasteiger partial charge is 0.261 e. The van der Waals surface area contributed by atoms with Gasteiger partial charge in [-0.25, -0.2) is 0 Å². The first-order valence-electron chi connectivity index (χ1n) is 10.6. The second kappa shape index (κ2) is 10.8. The normalized spacial score (nSPS) is 11.8. The number of hydrogen-bond donors (Lipinski definition) is 1. The first-order chi connectivity index (χ1) is 14.2. The van der Waals surface area contributed by atoms with E-state index in [1.807, 2.05) is 84.0 Å². The number of amides is 2. The van der Waals surface area contributed by atoms with E-state index in [0.717, 1.165) is 22.3 Å². The molecule has 0 aliphatic carbocycles. The van der Waals surface area contributed by atoms with Gasteiger partial charge in [0, 0.05) is 12.6 Å². The molecule has 2 aromatic carbocycles. The molecular formula is C25H34N2O3. The standard InChI is InChI=1S/C25H34N2O3/c1-7-22(25(29)26-17(2)3)27(15-21-10-8-9-18(4)14-21)24(28)16-30-23-12-11-19(5)13-20(23)6/h8-14,17,22H,7,15-16H2,1-6H3,(H,26,29)/t22-/m1/s1. The van der Waals surface area contributed by atoms with Crippen molar-refractivity contribution in [1.29, 1.82) is 0 Å². The molecular weight excluding hydrogens is 376 g/mol. The zero-order chi connectivity index (χ0) is 22.3. The molecule has 0 heterocycles. The average Bonchev–Trinajstić information content (AvgIpc) is 2.66. The van der Waals surface area contributed by atoms with Crippen molar-refractivity contribution in [2.45, 2.75) is 66.6 Å². The molecule has 0 bridgehead atoms. The number of nitrogens with one attached hydrogen (secondary N) is 1. The number of carbonyl (C=O) groups is 2. The predicted molar refractivity (Wildman–Crippen MR) is 120 cm³/mol. The summed E-state index contributed by atoms with van der Waals surface area (Å²) in [6.07, 6.45) is 0.527. The third kappa shape index (κ3) is 6.61. The van der Waals surface area contributed by atoms with Crippen molar-refractivity contribution >= 4 is 11.8 Å². The topological polar surface area (TPSA) is 58.6 Å². The minimum Gasteiger partial charge on any atom is -0.483 e. The summed E-state index contributed by atoms with van der Waals surface area (Å²) in [7, 11) is 0. The van der Waals surface area contributed by atoms with Crippen molar-refractivity contribution in [1.82, 2.24) is 10.2 Å². The van der Waals surface area contributed by atoms with Crippen LogP contribution >= 0.6 is 0 Å². The van der Waals surface area contributed by atoms with Gasteiger partial charge in [-0.3, -0.25) is 9.59 Å². The number of ether oxygens (including phenoxy) is 1. The molecule has 162 valence electrons. The highest BCUT2D eigenvalue weighted by Gasteiger charge is 2.29. The molecule has 0 spiro atoms. The molecule has 0 fully saturated rings. The van der Waals surface area contributed by atoms with Crippen LogP contribution in [0.25, 0.3) is 0 Å². The second-order valence-electron chi connectivity index (χ2n) is 8.16. The van der Waals surface area contributed by atoms with E-state index in [0.29, 0.717) is 18.7 Å². The maximum absolute atomic E-state index is 13.2. The van der Waals surface area contributed by atoms with Crippen LogP contribution in [0.5, 0.6) is 5.75 Å². The van der Waals surface area contributed by atoms with Gasteiger partial charge in [-0.15, -0.1) is 0 Å². The Kier molecular flexibility index (Phi) is 8.46. The van der Waals surface area contributed by atoms with Gasteiger partial charge in [0.15, 0.2) is 6.61 Å². The zero-order valence-corrected chi connectivity index (χ0v) is 19.0. The van der Waals surface area contributed by atoms with Gasteiger partial charge in [-0.05, 0) is 58.2 Å². The molecule has 0 aliphatic heterocycles. The zero-order valence-electron chi connectivity index (χ0n) is 19.0. The Labute approximate surface area is 180 Å². The molecule has 0 aromatic heterocycles. The monoisotopic (exact) mass is 410 g/mol. The molecule has 0 radical (unpaired) electrons. The van der Waals surface area contributed by atoms with Crippen molar-refractivity contribution in [3.05, 3.63) is 64.7 Å². The van der Waals surface area contributed by atoms with Crippen LogP contribution < -0.4 is 10.1 Å².